The van der Waals surface area contributed by atoms with Crippen LogP contribution in [0.5, 0.6) is 0 Å². The van der Waals surface area contributed by atoms with Gasteiger partial charge in [-0.1, -0.05) is 13.3 Å². The molecule has 0 spiro atoms. The molecule has 16 heavy (non-hydrogen) atoms. The minimum atomic E-state index is 0.304. The average Bonchev–Trinajstić information content (AvgIpc) is 2.28. The molecule has 0 aromatic rings. The van der Waals surface area contributed by atoms with Gasteiger partial charge in [0.1, 0.15) is 0 Å². The van der Waals surface area contributed by atoms with Gasteiger partial charge in [0.25, 0.3) is 0 Å². The number of hydrogen-bond donors (Lipinski definition) is 2. The molecular formula is C13H26N2O. The van der Waals surface area contributed by atoms with Crippen LogP contribution >= 0.6 is 0 Å². The van der Waals surface area contributed by atoms with Crippen molar-refractivity contribution in [1.82, 2.24) is 5.32 Å². The highest BCUT2D eigenvalue weighted by Gasteiger charge is 2.34. The van der Waals surface area contributed by atoms with Gasteiger partial charge in [0.2, 0.25) is 0 Å². The molecule has 1 saturated heterocycles. The van der Waals surface area contributed by atoms with Gasteiger partial charge in [-0.25, -0.2) is 0 Å². The van der Waals surface area contributed by atoms with Gasteiger partial charge in [-0.15, -0.1) is 0 Å². The lowest BCUT2D eigenvalue weighted by Gasteiger charge is -2.41. The molecule has 0 bridgehead atoms. The van der Waals surface area contributed by atoms with Crippen molar-refractivity contribution in [3.8, 4) is 0 Å². The highest BCUT2D eigenvalue weighted by molar-refractivity contribution is 4.89. The fraction of sp³-hybridized carbons (Fsp3) is 1.00. The van der Waals surface area contributed by atoms with Crippen LogP contribution in [0.25, 0.3) is 0 Å². The molecule has 1 aliphatic carbocycles. The molecule has 3 heteroatoms. The minimum absolute atomic E-state index is 0.304. The summed E-state index contributed by atoms with van der Waals surface area (Å²) in [6.07, 6.45) is 6.42. The Morgan fingerprint density at radius 1 is 1.12 bits per heavy atom. The second-order valence-corrected chi connectivity index (χ2v) is 6.08. The van der Waals surface area contributed by atoms with Crippen molar-refractivity contribution >= 4 is 0 Å². The predicted molar refractivity (Wildman–Crippen MR) is 66.4 cm³/mol. The van der Waals surface area contributed by atoms with Gasteiger partial charge in [-0.3, -0.25) is 0 Å². The van der Waals surface area contributed by atoms with Crippen molar-refractivity contribution in [1.29, 1.82) is 0 Å². The topological polar surface area (TPSA) is 47.3 Å². The van der Waals surface area contributed by atoms with Crippen LogP contribution in [0.4, 0.5) is 0 Å². The van der Waals surface area contributed by atoms with Crippen LogP contribution in [-0.2, 0) is 4.74 Å². The maximum atomic E-state index is 5.94. The van der Waals surface area contributed by atoms with Crippen molar-refractivity contribution in [2.45, 2.75) is 39.0 Å². The summed E-state index contributed by atoms with van der Waals surface area (Å²) in [7, 11) is 0. The Bertz CT molecular complexity index is 220. The zero-order valence-electron chi connectivity index (χ0n) is 10.6. The van der Waals surface area contributed by atoms with E-state index >= 15 is 0 Å². The van der Waals surface area contributed by atoms with Crippen LogP contribution in [0.15, 0.2) is 0 Å². The van der Waals surface area contributed by atoms with Crippen molar-refractivity contribution in [3.63, 3.8) is 0 Å². The molecule has 0 amide bonds. The van der Waals surface area contributed by atoms with Crippen molar-refractivity contribution < 1.29 is 4.74 Å². The maximum Gasteiger partial charge on any atom is 0.0472 e. The summed E-state index contributed by atoms with van der Waals surface area (Å²) in [5, 5.41) is 3.65. The van der Waals surface area contributed by atoms with Gasteiger partial charge in [0, 0.05) is 26.3 Å². The third-order valence-electron chi connectivity index (χ3n) is 4.60. The molecule has 2 rings (SSSR count). The van der Waals surface area contributed by atoms with E-state index in [-0.39, 0.29) is 0 Å². The summed E-state index contributed by atoms with van der Waals surface area (Å²) in [6.45, 7) is 7.19. The van der Waals surface area contributed by atoms with E-state index in [0.717, 1.165) is 45.7 Å². The molecule has 0 radical (unpaired) electrons. The molecule has 2 fully saturated rings. The zero-order valence-corrected chi connectivity index (χ0v) is 10.6. The maximum absolute atomic E-state index is 5.94. The molecule has 1 saturated carbocycles. The van der Waals surface area contributed by atoms with Crippen molar-refractivity contribution in [2.75, 3.05) is 32.8 Å². The van der Waals surface area contributed by atoms with Crippen molar-refractivity contribution in [2.24, 2.45) is 16.6 Å². The quantitative estimate of drug-likeness (QED) is 0.747. The fourth-order valence-electron chi connectivity index (χ4n) is 2.84. The summed E-state index contributed by atoms with van der Waals surface area (Å²) in [6, 6.07) is 0. The van der Waals surface area contributed by atoms with E-state index in [1.54, 1.807) is 0 Å². The Morgan fingerprint density at radius 2 is 1.81 bits per heavy atom. The molecule has 0 aromatic heterocycles. The zero-order chi connectivity index (χ0) is 11.5. The van der Waals surface area contributed by atoms with Gasteiger partial charge in [0.15, 0.2) is 0 Å². The second kappa shape index (κ2) is 5.03. The number of ether oxygens (including phenoxy) is 1. The second-order valence-electron chi connectivity index (χ2n) is 6.08. The fourth-order valence-corrected chi connectivity index (χ4v) is 2.84. The summed E-state index contributed by atoms with van der Waals surface area (Å²) in [5.74, 6) is 0. The predicted octanol–water partition coefficient (Wildman–Crippen LogP) is 1.52. The Morgan fingerprint density at radius 3 is 2.31 bits per heavy atom. The molecule has 3 N–H and O–H groups in total. The van der Waals surface area contributed by atoms with Gasteiger partial charge < -0.3 is 15.8 Å². The number of nitrogens with one attached hydrogen (secondary N) is 1. The van der Waals surface area contributed by atoms with Crippen LogP contribution in [0, 0.1) is 10.8 Å². The molecular weight excluding hydrogens is 200 g/mol. The first kappa shape index (κ1) is 12.3. The van der Waals surface area contributed by atoms with E-state index < -0.39 is 0 Å². The Hall–Kier alpha value is -0.120. The summed E-state index contributed by atoms with van der Waals surface area (Å²) in [4.78, 5) is 0. The number of hydrogen-bond acceptors (Lipinski definition) is 3. The molecule has 1 aliphatic heterocycles. The van der Waals surface area contributed by atoms with E-state index in [0.29, 0.717) is 10.8 Å². The van der Waals surface area contributed by atoms with Crippen molar-refractivity contribution in [3.05, 3.63) is 0 Å². The summed E-state index contributed by atoms with van der Waals surface area (Å²) < 4.78 is 5.42. The highest BCUT2D eigenvalue weighted by atomic mass is 16.5. The molecule has 0 unspecified atom stereocenters. The normalized spacial score (nSPS) is 27.4. The monoisotopic (exact) mass is 226 g/mol. The van der Waals surface area contributed by atoms with Gasteiger partial charge in [-0.05, 0) is 43.1 Å². The van der Waals surface area contributed by atoms with E-state index in [1.165, 1.54) is 19.3 Å². The van der Waals surface area contributed by atoms with Crippen LogP contribution in [-0.4, -0.2) is 32.8 Å². The Kier molecular flexibility index (Phi) is 3.88. The summed E-state index contributed by atoms with van der Waals surface area (Å²) in [5.41, 5.74) is 6.81. The van der Waals surface area contributed by atoms with Crippen LogP contribution in [0.3, 0.4) is 0 Å². The highest BCUT2D eigenvalue weighted by Crippen LogP contribution is 2.39. The van der Waals surface area contributed by atoms with E-state index in [2.05, 4.69) is 12.2 Å². The van der Waals surface area contributed by atoms with Crippen LogP contribution in [0.1, 0.15) is 39.0 Å². The molecule has 2 aliphatic rings. The average molecular weight is 226 g/mol. The molecule has 0 aromatic carbocycles. The van der Waals surface area contributed by atoms with E-state index in [4.69, 9.17) is 10.5 Å². The largest absolute Gasteiger partial charge is 0.381 e. The lowest BCUT2D eigenvalue weighted by Crippen LogP contribution is -2.47. The lowest BCUT2D eigenvalue weighted by atomic mass is 9.70. The third kappa shape index (κ3) is 2.76. The SMILES string of the molecule is CC1(CNCC2(CN)CCOCC2)CCC1. The van der Waals surface area contributed by atoms with Gasteiger partial charge in [0.05, 0.1) is 0 Å². The first-order valence-corrected chi connectivity index (χ1v) is 6.67. The number of rotatable bonds is 5. The smallest absolute Gasteiger partial charge is 0.0472 e. The summed E-state index contributed by atoms with van der Waals surface area (Å²) >= 11 is 0. The van der Waals surface area contributed by atoms with Gasteiger partial charge in [-0.2, -0.15) is 0 Å². The number of nitrogens with two attached hydrogens (primary N) is 1. The lowest BCUT2D eigenvalue weighted by molar-refractivity contribution is 0.0167. The molecule has 3 nitrogen and oxygen atoms in total. The van der Waals surface area contributed by atoms with Gasteiger partial charge >= 0.3 is 0 Å². The minimum Gasteiger partial charge on any atom is -0.381 e. The third-order valence-corrected chi connectivity index (χ3v) is 4.60. The van der Waals surface area contributed by atoms with Crippen LogP contribution in [0.2, 0.25) is 0 Å². The molecule has 0 atom stereocenters. The Labute approximate surface area is 99.1 Å². The molecule has 1 heterocycles. The first-order chi connectivity index (χ1) is 7.68. The Balaban J connectivity index is 1.73. The van der Waals surface area contributed by atoms with E-state index in [1.807, 2.05) is 0 Å². The molecule has 94 valence electrons. The van der Waals surface area contributed by atoms with Crippen LogP contribution < -0.4 is 11.1 Å². The first-order valence-electron chi connectivity index (χ1n) is 6.67. The standard InChI is InChI=1S/C13H26N2O/c1-12(3-2-4-12)10-15-11-13(9-14)5-7-16-8-6-13/h15H,2-11,14H2,1H3. The van der Waals surface area contributed by atoms with E-state index in [9.17, 15) is 0 Å².